The molecule has 4 nitrogen and oxygen atoms in total. The molecule has 1 saturated heterocycles. The molecule has 2 aromatic rings. The van der Waals surface area contributed by atoms with Crippen LogP contribution in [0.3, 0.4) is 0 Å². The predicted molar refractivity (Wildman–Crippen MR) is 77.8 cm³/mol. The second kappa shape index (κ2) is 5.23. The van der Waals surface area contributed by atoms with Gasteiger partial charge in [-0.25, -0.2) is 0 Å². The number of benzene rings is 1. The second-order valence-corrected chi connectivity index (χ2v) is 5.31. The van der Waals surface area contributed by atoms with Gasteiger partial charge in [-0.2, -0.15) is 0 Å². The van der Waals surface area contributed by atoms with Crippen LogP contribution in [0.15, 0.2) is 24.4 Å². The van der Waals surface area contributed by atoms with Crippen LogP contribution in [0.25, 0.3) is 10.9 Å². The highest BCUT2D eigenvalue weighted by Gasteiger charge is 2.18. The topological polar surface area (TPSA) is 40.3 Å². The number of fused-ring (bicyclic) bond motifs is 1. The smallest absolute Gasteiger partial charge is 0.142 e. The zero-order valence-electron chi connectivity index (χ0n) is 11.6. The Labute approximate surface area is 113 Å². The first-order valence-electron chi connectivity index (χ1n) is 6.83. The highest BCUT2D eigenvalue weighted by Crippen LogP contribution is 2.27. The van der Waals surface area contributed by atoms with E-state index in [0.717, 1.165) is 37.3 Å². The largest absolute Gasteiger partial charge is 0.495 e. The summed E-state index contributed by atoms with van der Waals surface area (Å²) in [5.74, 6) is 0.914. The molecule has 102 valence electrons. The maximum absolute atomic E-state index is 5.39. The fourth-order valence-corrected chi connectivity index (χ4v) is 2.92. The summed E-state index contributed by atoms with van der Waals surface area (Å²) in [5.41, 5.74) is 2.46. The van der Waals surface area contributed by atoms with Gasteiger partial charge in [-0.05, 0) is 25.1 Å². The number of nitrogens with one attached hydrogen (secondary N) is 2. The molecule has 19 heavy (non-hydrogen) atoms. The molecule has 3 rings (SSSR count). The lowest BCUT2D eigenvalue weighted by atomic mass is 10.0. The Morgan fingerprint density at radius 1 is 1.42 bits per heavy atom. The normalized spacial score (nSPS) is 20.8. The van der Waals surface area contributed by atoms with Crippen LogP contribution in [0.1, 0.15) is 5.56 Å². The summed E-state index contributed by atoms with van der Waals surface area (Å²) in [6.45, 7) is 3.32. The summed E-state index contributed by atoms with van der Waals surface area (Å²) in [6, 6.07) is 6.74. The highest BCUT2D eigenvalue weighted by molar-refractivity contribution is 5.88. The van der Waals surface area contributed by atoms with Gasteiger partial charge in [0.05, 0.1) is 12.6 Å². The maximum Gasteiger partial charge on any atom is 0.142 e. The first-order chi connectivity index (χ1) is 9.28. The number of aromatic nitrogens is 1. The Hall–Kier alpha value is -1.52. The molecule has 1 atom stereocenters. The summed E-state index contributed by atoms with van der Waals surface area (Å²) in [4.78, 5) is 5.73. The lowest BCUT2D eigenvalue weighted by Gasteiger charge is -2.30. The number of hydrogen-bond donors (Lipinski definition) is 2. The summed E-state index contributed by atoms with van der Waals surface area (Å²) in [5, 5.41) is 4.87. The number of methoxy groups -OCH3 is 1. The standard InChI is InChI=1S/C15H21N3O/c1-18-7-6-16-12(10-18)8-11-9-17-15-13(11)4-3-5-14(15)19-2/h3-5,9,12,16-17H,6-8,10H2,1-2H3. The number of nitrogens with zero attached hydrogens (tertiary/aromatic N) is 1. The van der Waals surface area contributed by atoms with E-state index in [-0.39, 0.29) is 0 Å². The summed E-state index contributed by atoms with van der Waals surface area (Å²) >= 11 is 0. The van der Waals surface area contributed by atoms with Gasteiger partial charge in [0.1, 0.15) is 5.75 Å². The molecule has 2 heterocycles. The Morgan fingerprint density at radius 2 is 2.32 bits per heavy atom. The van der Waals surface area contributed by atoms with Crippen LogP contribution in [0, 0.1) is 0 Å². The monoisotopic (exact) mass is 259 g/mol. The highest BCUT2D eigenvalue weighted by atomic mass is 16.5. The molecular formula is C15H21N3O. The predicted octanol–water partition coefficient (Wildman–Crippen LogP) is 1.62. The minimum Gasteiger partial charge on any atom is -0.495 e. The molecule has 1 aromatic heterocycles. The molecule has 4 heteroatoms. The van der Waals surface area contributed by atoms with Crippen molar-refractivity contribution in [3.63, 3.8) is 0 Å². The summed E-state index contributed by atoms with van der Waals surface area (Å²) < 4.78 is 5.39. The number of likely N-dealkylation sites (N-methyl/N-ethyl adjacent to an activating group) is 1. The van der Waals surface area contributed by atoms with Crippen molar-refractivity contribution in [1.82, 2.24) is 15.2 Å². The molecule has 0 bridgehead atoms. The van der Waals surface area contributed by atoms with Crippen LogP contribution in [0.4, 0.5) is 0 Å². The fourth-order valence-electron chi connectivity index (χ4n) is 2.92. The number of rotatable bonds is 3. The molecule has 1 aliphatic heterocycles. The minimum atomic E-state index is 0.531. The van der Waals surface area contributed by atoms with Gasteiger partial charge >= 0.3 is 0 Å². The molecule has 1 unspecified atom stereocenters. The quantitative estimate of drug-likeness (QED) is 0.880. The van der Waals surface area contributed by atoms with Gasteiger partial charge in [0.25, 0.3) is 0 Å². The van der Waals surface area contributed by atoms with E-state index in [1.54, 1.807) is 7.11 Å². The minimum absolute atomic E-state index is 0.531. The van der Waals surface area contributed by atoms with Gasteiger partial charge < -0.3 is 19.9 Å². The zero-order valence-corrected chi connectivity index (χ0v) is 11.6. The van der Waals surface area contributed by atoms with Crippen LogP contribution in [-0.2, 0) is 6.42 Å². The first kappa shape index (κ1) is 12.5. The average Bonchev–Trinajstić information content (AvgIpc) is 2.82. The van der Waals surface area contributed by atoms with E-state index in [2.05, 4.69) is 40.6 Å². The van der Waals surface area contributed by atoms with Crippen LogP contribution in [-0.4, -0.2) is 49.7 Å². The van der Waals surface area contributed by atoms with Gasteiger partial charge in [-0.1, -0.05) is 12.1 Å². The SMILES string of the molecule is COc1cccc2c(CC3CN(C)CCN3)c[nH]c12. The molecule has 1 aliphatic rings. The number of piperazine rings is 1. The van der Waals surface area contributed by atoms with Crippen molar-refractivity contribution in [3.8, 4) is 5.75 Å². The summed E-state index contributed by atoms with van der Waals surface area (Å²) in [7, 11) is 3.90. The Kier molecular flexibility index (Phi) is 3.44. The third-order valence-corrected chi connectivity index (χ3v) is 3.91. The van der Waals surface area contributed by atoms with E-state index in [0.29, 0.717) is 6.04 Å². The Balaban J connectivity index is 1.85. The molecule has 0 radical (unpaired) electrons. The molecule has 1 aromatic carbocycles. The van der Waals surface area contributed by atoms with Gasteiger partial charge in [0, 0.05) is 37.3 Å². The third-order valence-electron chi connectivity index (χ3n) is 3.91. The van der Waals surface area contributed by atoms with E-state index >= 15 is 0 Å². The second-order valence-electron chi connectivity index (χ2n) is 5.31. The van der Waals surface area contributed by atoms with Crippen molar-refractivity contribution in [2.75, 3.05) is 33.8 Å². The van der Waals surface area contributed by atoms with Gasteiger partial charge in [0.2, 0.25) is 0 Å². The molecular weight excluding hydrogens is 238 g/mol. The van der Waals surface area contributed by atoms with E-state index in [4.69, 9.17) is 4.74 Å². The lowest BCUT2D eigenvalue weighted by molar-refractivity contribution is 0.238. The fraction of sp³-hybridized carbons (Fsp3) is 0.467. The van der Waals surface area contributed by atoms with Crippen molar-refractivity contribution in [2.45, 2.75) is 12.5 Å². The number of hydrogen-bond acceptors (Lipinski definition) is 3. The molecule has 0 saturated carbocycles. The van der Waals surface area contributed by atoms with Crippen LogP contribution < -0.4 is 10.1 Å². The van der Waals surface area contributed by atoms with Crippen molar-refractivity contribution >= 4 is 10.9 Å². The third kappa shape index (κ3) is 2.46. The van der Waals surface area contributed by atoms with E-state index in [1.807, 2.05) is 6.07 Å². The number of aromatic amines is 1. The van der Waals surface area contributed by atoms with Crippen molar-refractivity contribution < 1.29 is 4.74 Å². The van der Waals surface area contributed by atoms with Gasteiger partial charge in [-0.3, -0.25) is 0 Å². The van der Waals surface area contributed by atoms with Crippen LogP contribution in [0.2, 0.25) is 0 Å². The van der Waals surface area contributed by atoms with Crippen LogP contribution >= 0.6 is 0 Å². The zero-order chi connectivity index (χ0) is 13.2. The summed E-state index contributed by atoms with van der Waals surface area (Å²) in [6.07, 6.45) is 3.17. The van der Waals surface area contributed by atoms with Crippen LogP contribution in [0.5, 0.6) is 5.75 Å². The van der Waals surface area contributed by atoms with Gasteiger partial charge in [0.15, 0.2) is 0 Å². The average molecular weight is 259 g/mol. The number of ether oxygens (including phenoxy) is 1. The molecule has 0 aliphatic carbocycles. The Morgan fingerprint density at radius 3 is 3.11 bits per heavy atom. The van der Waals surface area contributed by atoms with E-state index in [9.17, 15) is 0 Å². The van der Waals surface area contributed by atoms with E-state index < -0.39 is 0 Å². The Bertz CT molecular complexity index is 564. The lowest BCUT2D eigenvalue weighted by Crippen LogP contribution is -2.49. The van der Waals surface area contributed by atoms with Crippen molar-refractivity contribution in [3.05, 3.63) is 30.0 Å². The molecule has 2 N–H and O–H groups in total. The van der Waals surface area contributed by atoms with E-state index in [1.165, 1.54) is 10.9 Å². The van der Waals surface area contributed by atoms with Crippen molar-refractivity contribution in [2.24, 2.45) is 0 Å². The number of para-hydroxylation sites is 1. The number of H-pyrrole nitrogens is 1. The molecule has 0 spiro atoms. The van der Waals surface area contributed by atoms with Gasteiger partial charge in [-0.15, -0.1) is 0 Å². The maximum atomic E-state index is 5.39. The first-order valence-corrected chi connectivity index (χ1v) is 6.83. The molecule has 1 fully saturated rings. The van der Waals surface area contributed by atoms with Crippen molar-refractivity contribution in [1.29, 1.82) is 0 Å². The molecule has 0 amide bonds.